The molecule has 1 aromatic rings. The van der Waals surface area contributed by atoms with Gasteiger partial charge in [-0.05, 0) is 30.5 Å². The van der Waals surface area contributed by atoms with Crippen LogP contribution in [0.25, 0.3) is 0 Å². The predicted molar refractivity (Wildman–Crippen MR) is 89.6 cm³/mol. The van der Waals surface area contributed by atoms with Gasteiger partial charge < -0.3 is 15.5 Å². The Kier molecular flexibility index (Phi) is 6.93. The van der Waals surface area contributed by atoms with Crippen molar-refractivity contribution in [1.82, 2.24) is 5.32 Å². The maximum atomic E-state index is 12.3. The van der Waals surface area contributed by atoms with Crippen molar-refractivity contribution < 1.29 is 24.6 Å². The van der Waals surface area contributed by atoms with Gasteiger partial charge in [-0.15, -0.1) is 0 Å². The van der Waals surface area contributed by atoms with E-state index in [2.05, 4.69) is 10.6 Å². The van der Waals surface area contributed by atoms with Crippen LogP contribution in [0.1, 0.15) is 32.3 Å². The van der Waals surface area contributed by atoms with Gasteiger partial charge in [0.25, 0.3) is 0 Å². The lowest BCUT2D eigenvalue weighted by molar-refractivity contribution is -0.161. The highest BCUT2D eigenvalue weighted by atomic mass is 16.4. The van der Waals surface area contributed by atoms with E-state index in [1.165, 1.54) is 12.1 Å². The number of aliphatic carboxylic acids is 2. The lowest BCUT2D eigenvalue weighted by atomic mass is 9.89. The first-order valence-corrected chi connectivity index (χ1v) is 7.83. The smallest absolute Gasteiger partial charge is 0.341 e. The molecule has 4 N–H and O–H groups in total. The minimum absolute atomic E-state index is 0.356. The lowest BCUT2D eigenvalue weighted by Crippen LogP contribution is -2.62. The molecule has 25 heavy (non-hydrogen) atoms. The summed E-state index contributed by atoms with van der Waals surface area (Å²) in [7, 11) is 0. The average molecular weight is 347 g/mol. The second-order valence-electron chi connectivity index (χ2n) is 5.63. The van der Waals surface area contributed by atoms with E-state index in [4.69, 9.17) is 5.26 Å². The molecule has 0 heterocycles. The molecule has 134 valence electrons. The van der Waals surface area contributed by atoms with E-state index in [9.17, 15) is 24.6 Å². The topological polar surface area (TPSA) is 140 Å². The number of nitrogens with one attached hydrogen (secondary N) is 2. The van der Waals surface area contributed by atoms with Crippen molar-refractivity contribution >= 4 is 23.5 Å². The summed E-state index contributed by atoms with van der Waals surface area (Å²) in [6, 6.07) is 6.14. The number of nitriles is 1. The Labute approximate surface area is 145 Å². The zero-order valence-electron chi connectivity index (χ0n) is 14.1. The standard InChI is InChI=1S/C17H21N3O5/c1-3-12(4-2)14(21)20-17(15(22)23,16(24)25)9-11-6-5-7-13(8-11)19-10-18/h5-8,12,19H,3-4,9H2,1-2H3,(H,20,21)(H,22,23)(H,24,25). The van der Waals surface area contributed by atoms with E-state index >= 15 is 0 Å². The second-order valence-corrected chi connectivity index (χ2v) is 5.63. The van der Waals surface area contributed by atoms with Crippen LogP contribution in [0.5, 0.6) is 0 Å². The van der Waals surface area contributed by atoms with E-state index in [0.717, 1.165) is 0 Å². The van der Waals surface area contributed by atoms with E-state index < -0.39 is 35.7 Å². The third kappa shape index (κ3) is 4.70. The molecule has 8 nitrogen and oxygen atoms in total. The number of benzene rings is 1. The van der Waals surface area contributed by atoms with Crippen molar-refractivity contribution in [2.24, 2.45) is 5.92 Å². The highest BCUT2D eigenvalue weighted by Gasteiger charge is 2.48. The molecule has 0 fully saturated rings. The van der Waals surface area contributed by atoms with Crippen LogP contribution in [0.15, 0.2) is 24.3 Å². The minimum atomic E-state index is -2.48. The zero-order chi connectivity index (χ0) is 19.0. The van der Waals surface area contributed by atoms with Gasteiger partial charge in [0.2, 0.25) is 11.4 Å². The Morgan fingerprint density at radius 1 is 1.20 bits per heavy atom. The first-order valence-electron chi connectivity index (χ1n) is 7.83. The van der Waals surface area contributed by atoms with Gasteiger partial charge in [-0.25, -0.2) is 9.59 Å². The number of carboxylic acid groups (broad SMARTS) is 2. The van der Waals surface area contributed by atoms with Gasteiger partial charge in [0.05, 0.1) is 0 Å². The van der Waals surface area contributed by atoms with Gasteiger partial charge in [-0.3, -0.25) is 10.1 Å². The van der Waals surface area contributed by atoms with Gasteiger partial charge >= 0.3 is 11.9 Å². The van der Waals surface area contributed by atoms with Gasteiger partial charge in [0.15, 0.2) is 6.19 Å². The van der Waals surface area contributed by atoms with Crippen LogP contribution in [0.4, 0.5) is 5.69 Å². The van der Waals surface area contributed by atoms with Crippen molar-refractivity contribution in [3.63, 3.8) is 0 Å². The van der Waals surface area contributed by atoms with Crippen LogP contribution in [0.2, 0.25) is 0 Å². The number of hydrogen-bond donors (Lipinski definition) is 4. The molecular weight excluding hydrogens is 326 g/mol. The summed E-state index contributed by atoms with van der Waals surface area (Å²) in [5.41, 5.74) is -1.73. The summed E-state index contributed by atoms with van der Waals surface area (Å²) in [5.74, 6) is -4.39. The van der Waals surface area contributed by atoms with Gasteiger partial charge in [-0.1, -0.05) is 26.0 Å². The summed E-state index contributed by atoms with van der Waals surface area (Å²) in [5, 5.41) is 32.3. The molecule has 0 aliphatic heterocycles. The van der Waals surface area contributed by atoms with Crippen LogP contribution in [0, 0.1) is 17.4 Å². The van der Waals surface area contributed by atoms with Crippen molar-refractivity contribution in [1.29, 1.82) is 5.26 Å². The zero-order valence-corrected chi connectivity index (χ0v) is 14.1. The number of amides is 1. The molecule has 1 rings (SSSR count). The largest absolute Gasteiger partial charge is 0.479 e. The molecule has 0 unspecified atom stereocenters. The van der Waals surface area contributed by atoms with Crippen LogP contribution in [-0.4, -0.2) is 33.6 Å². The Balaban J connectivity index is 3.22. The number of carboxylic acids is 2. The fourth-order valence-electron chi connectivity index (χ4n) is 2.50. The number of carbonyl (C=O) groups excluding carboxylic acids is 1. The Bertz CT molecular complexity index is 678. The fourth-order valence-corrected chi connectivity index (χ4v) is 2.50. The normalized spacial score (nSPS) is 10.8. The van der Waals surface area contributed by atoms with Crippen molar-refractivity contribution in [3.8, 4) is 6.19 Å². The Hall–Kier alpha value is -3.08. The monoisotopic (exact) mass is 347 g/mol. The lowest BCUT2D eigenvalue weighted by Gasteiger charge is -2.28. The molecule has 0 spiro atoms. The summed E-state index contributed by atoms with van der Waals surface area (Å²) in [6.45, 7) is 3.54. The number of nitrogens with zero attached hydrogens (tertiary/aromatic N) is 1. The van der Waals surface area contributed by atoms with E-state index in [-0.39, 0.29) is 0 Å². The summed E-state index contributed by atoms with van der Waals surface area (Å²) >= 11 is 0. The fraction of sp³-hybridized carbons (Fsp3) is 0.412. The highest BCUT2D eigenvalue weighted by molar-refractivity contribution is 6.06. The molecule has 0 aliphatic carbocycles. The quantitative estimate of drug-likeness (QED) is 0.302. The molecule has 1 amide bonds. The summed E-state index contributed by atoms with van der Waals surface area (Å²) in [6.07, 6.45) is 2.22. The molecular formula is C17H21N3O5. The first kappa shape index (κ1) is 20.0. The molecule has 0 bridgehead atoms. The Morgan fingerprint density at radius 3 is 2.28 bits per heavy atom. The van der Waals surface area contributed by atoms with Crippen LogP contribution < -0.4 is 10.6 Å². The Morgan fingerprint density at radius 2 is 1.80 bits per heavy atom. The van der Waals surface area contributed by atoms with Crippen LogP contribution in [-0.2, 0) is 20.8 Å². The highest BCUT2D eigenvalue weighted by Crippen LogP contribution is 2.20. The molecule has 0 saturated carbocycles. The van der Waals surface area contributed by atoms with E-state index in [1.807, 2.05) is 0 Å². The number of rotatable bonds is 9. The minimum Gasteiger partial charge on any atom is -0.479 e. The molecule has 1 aromatic carbocycles. The van der Waals surface area contributed by atoms with Gasteiger partial charge in [-0.2, -0.15) is 5.26 Å². The summed E-state index contributed by atoms with van der Waals surface area (Å²) < 4.78 is 0. The third-order valence-corrected chi connectivity index (χ3v) is 4.02. The number of carbonyl (C=O) groups is 3. The third-order valence-electron chi connectivity index (χ3n) is 4.02. The van der Waals surface area contributed by atoms with E-state index in [0.29, 0.717) is 24.1 Å². The van der Waals surface area contributed by atoms with Crippen molar-refractivity contribution in [2.75, 3.05) is 5.32 Å². The molecule has 0 saturated heterocycles. The molecule has 0 atom stereocenters. The van der Waals surface area contributed by atoms with Gasteiger partial charge in [0, 0.05) is 18.0 Å². The van der Waals surface area contributed by atoms with Crippen LogP contribution >= 0.6 is 0 Å². The maximum absolute atomic E-state index is 12.3. The molecule has 0 radical (unpaired) electrons. The second kappa shape index (κ2) is 8.68. The molecule has 0 aliphatic rings. The van der Waals surface area contributed by atoms with Crippen molar-refractivity contribution in [3.05, 3.63) is 29.8 Å². The molecule has 8 heteroatoms. The number of anilines is 1. The van der Waals surface area contributed by atoms with E-state index in [1.54, 1.807) is 32.2 Å². The first-order chi connectivity index (χ1) is 11.8. The van der Waals surface area contributed by atoms with Crippen molar-refractivity contribution in [2.45, 2.75) is 38.6 Å². The SMILES string of the molecule is CCC(CC)C(=O)NC(Cc1cccc(NC#N)c1)(C(=O)O)C(=O)O. The predicted octanol–water partition coefficient (Wildman–Crippen LogP) is 1.58. The maximum Gasteiger partial charge on any atom is 0.341 e. The molecule has 0 aromatic heterocycles. The van der Waals surface area contributed by atoms with Crippen LogP contribution in [0.3, 0.4) is 0 Å². The average Bonchev–Trinajstić information content (AvgIpc) is 2.55. The number of hydrogen-bond acceptors (Lipinski definition) is 5. The van der Waals surface area contributed by atoms with Gasteiger partial charge in [0.1, 0.15) is 0 Å². The summed E-state index contributed by atoms with van der Waals surface area (Å²) in [4.78, 5) is 35.8.